The van der Waals surface area contributed by atoms with Crippen molar-refractivity contribution in [3.05, 3.63) is 29.8 Å². The zero-order chi connectivity index (χ0) is 12.5. The van der Waals surface area contributed by atoms with Crippen LogP contribution in [0.1, 0.15) is 32.1 Å². The van der Waals surface area contributed by atoms with E-state index in [4.69, 9.17) is 4.74 Å². The monoisotopic (exact) mass is 253 g/mol. The van der Waals surface area contributed by atoms with Gasteiger partial charge in [-0.05, 0) is 37.8 Å². The number of piperidine rings is 2. The molecule has 0 radical (unpaired) electrons. The first-order valence-corrected chi connectivity index (χ1v) is 6.58. The van der Waals surface area contributed by atoms with E-state index in [0.717, 1.165) is 25.0 Å². The van der Waals surface area contributed by atoms with Crippen LogP contribution in [0.3, 0.4) is 0 Å². The van der Waals surface area contributed by atoms with Crippen LogP contribution in [0, 0.1) is 11.6 Å². The fourth-order valence-electron chi connectivity index (χ4n) is 3.05. The van der Waals surface area contributed by atoms with Crippen LogP contribution in [-0.4, -0.2) is 18.2 Å². The van der Waals surface area contributed by atoms with Gasteiger partial charge in [-0.2, -0.15) is 0 Å². The molecule has 3 rings (SSSR count). The Balaban J connectivity index is 1.67. The van der Waals surface area contributed by atoms with Crippen LogP contribution in [-0.2, 0) is 0 Å². The normalized spacial score (nSPS) is 31.1. The highest BCUT2D eigenvalue weighted by Crippen LogP contribution is 2.29. The molecule has 2 fully saturated rings. The van der Waals surface area contributed by atoms with Crippen molar-refractivity contribution in [2.45, 2.75) is 50.3 Å². The first-order chi connectivity index (χ1) is 8.70. The molecule has 1 aromatic rings. The molecule has 0 aliphatic carbocycles. The van der Waals surface area contributed by atoms with E-state index >= 15 is 0 Å². The highest BCUT2D eigenvalue weighted by atomic mass is 19.2. The number of benzene rings is 1. The van der Waals surface area contributed by atoms with Gasteiger partial charge in [0.05, 0.1) is 0 Å². The molecule has 3 atom stereocenters. The standard InChI is InChI=1S/C14H17F2NO/c15-13-5-4-11(8-14(13)16)18-12-6-9-2-1-3-10(7-12)17-9/h4-5,8-10,12,17H,1-3,6-7H2/t9-,10+,12?. The summed E-state index contributed by atoms with van der Waals surface area (Å²) in [6.07, 6.45) is 5.68. The smallest absolute Gasteiger partial charge is 0.162 e. The van der Waals surface area contributed by atoms with Gasteiger partial charge in [0.15, 0.2) is 11.6 Å². The van der Waals surface area contributed by atoms with E-state index in [-0.39, 0.29) is 6.10 Å². The van der Waals surface area contributed by atoms with Crippen molar-refractivity contribution >= 4 is 0 Å². The van der Waals surface area contributed by atoms with Crippen molar-refractivity contribution < 1.29 is 13.5 Å². The Morgan fingerprint density at radius 3 is 2.44 bits per heavy atom. The lowest BCUT2D eigenvalue weighted by atomic mass is 9.85. The second-order valence-electron chi connectivity index (χ2n) is 5.28. The summed E-state index contributed by atoms with van der Waals surface area (Å²) < 4.78 is 31.7. The third-order valence-corrected chi connectivity index (χ3v) is 3.87. The number of ether oxygens (including phenoxy) is 1. The molecule has 4 heteroatoms. The summed E-state index contributed by atoms with van der Waals surface area (Å²) in [6, 6.07) is 4.79. The molecule has 0 amide bonds. The largest absolute Gasteiger partial charge is 0.490 e. The zero-order valence-corrected chi connectivity index (χ0v) is 10.2. The average molecular weight is 253 g/mol. The Labute approximate surface area is 105 Å². The van der Waals surface area contributed by atoms with Gasteiger partial charge in [-0.3, -0.25) is 0 Å². The topological polar surface area (TPSA) is 21.3 Å². The van der Waals surface area contributed by atoms with Crippen LogP contribution in [0.4, 0.5) is 8.78 Å². The Hall–Kier alpha value is -1.16. The van der Waals surface area contributed by atoms with E-state index in [1.807, 2.05) is 0 Å². The van der Waals surface area contributed by atoms with Crippen LogP contribution in [0.2, 0.25) is 0 Å². The van der Waals surface area contributed by atoms with Gasteiger partial charge >= 0.3 is 0 Å². The van der Waals surface area contributed by atoms with Gasteiger partial charge in [0.25, 0.3) is 0 Å². The molecule has 2 bridgehead atoms. The van der Waals surface area contributed by atoms with Crippen molar-refractivity contribution in [3.8, 4) is 5.75 Å². The molecule has 2 heterocycles. The molecule has 2 saturated heterocycles. The third-order valence-electron chi connectivity index (χ3n) is 3.87. The van der Waals surface area contributed by atoms with Crippen molar-refractivity contribution in [2.24, 2.45) is 0 Å². The minimum atomic E-state index is -0.846. The summed E-state index contributed by atoms with van der Waals surface area (Å²) in [5, 5.41) is 3.57. The summed E-state index contributed by atoms with van der Waals surface area (Å²) in [4.78, 5) is 0. The van der Waals surface area contributed by atoms with Crippen molar-refractivity contribution in [1.82, 2.24) is 5.32 Å². The second-order valence-corrected chi connectivity index (χ2v) is 5.28. The van der Waals surface area contributed by atoms with Crippen LogP contribution < -0.4 is 10.1 Å². The van der Waals surface area contributed by atoms with Crippen LogP contribution in [0.25, 0.3) is 0 Å². The molecular formula is C14H17F2NO. The van der Waals surface area contributed by atoms with E-state index in [2.05, 4.69) is 5.32 Å². The average Bonchev–Trinajstić information content (AvgIpc) is 2.33. The highest BCUT2D eigenvalue weighted by Gasteiger charge is 2.32. The predicted molar refractivity (Wildman–Crippen MR) is 64.6 cm³/mol. The fourth-order valence-corrected chi connectivity index (χ4v) is 3.05. The maximum atomic E-state index is 13.1. The molecule has 2 aliphatic heterocycles. The molecule has 2 aliphatic rings. The Morgan fingerprint density at radius 2 is 1.78 bits per heavy atom. The van der Waals surface area contributed by atoms with Gasteiger partial charge < -0.3 is 10.1 Å². The van der Waals surface area contributed by atoms with E-state index in [9.17, 15) is 8.78 Å². The minimum absolute atomic E-state index is 0.117. The summed E-state index contributed by atoms with van der Waals surface area (Å²) in [5.41, 5.74) is 0. The zero-order valence-electron chi connectivity index (χ0n) is 10.2. The van der Waals surface area contributed by atoms with E-state index in [0.29, 0.717) is 17.8 Å². The van der Waals surface area contributed by atoms with Gasteiger partial charge in [-0.25, -0.2) is 8.78 Å². The Kier molecular flexibility index (Phi) is 3.20. The van der Waals surface area contributed by atoms with Crippen molar-refractivity contribution in [3.63, 3.8) is 0 Å². The molecule has 18 heavy (non-hydrogen) atoms. The van der Waals surface area contributed by atoms with Crippen molar-refractivity contribution in [1.29, 1.82) is 0 Å². The number of rotatable bonds is 2. The summed E-state index contributed by atoms with van der Waals surface area (Å²) in [6.45, 7) is 0. The van der Waals surface area contributed by atoms with Crippen LogP contribution >= 0.6 is 0 Å². The van der Waals surface area contributed by atoms with Crippen LogP contribution in [0.15, 0.2) is 18.2 Å². The van der Waals surface area contributed by atoms with E-state index in [1.165, 1.54) is 25.3 Å². The summed E-state index contributed by atoms with van der Waals surface area (Å²) >= 11 is 0. The fraction of sp³-hybridized carbons (Fsp3) is 0.571. The Morgan fingerprint density at radius 1 is 1.06 bits per heavy atom. The molecule has 0 spiro atoms. The first-order valence-electron chi connectivity index (χ1n) is 6.58. The third kappa shape index (κ3) is 2.48. The lowest BCUT2D eigenvalue weighted by Crippen LogP contribution is -2.51. The molecular weight excluding hydrogens is 236 g/mol. The van der Waals surface area contributed by atoms with Crippen LogP contribution in [0.5, 0.6) is 5.75 Å². The molecule has 0 aromatic heterocycles. The van der Waals surface area contributed by atoms with Crippen molar-refractivity contribution in [2.75, 3.05) is 0 Å². The lowest BCUT2D eigenvalue weighted by molar-refractivity contribution is 0.0923. The lowest BCUT2D eigenvalue weighted by Gasteiger charge is -2.40. The first kappa shape index (κ1) is 11.9. The molecule has 1 N–H and O–H groups in total. The second kappa shape index (κ2) is 4.84. The molecule has 0 saturated carbocycles. The molecule has 1 aromatic carbocycles. The number of halogens is 2. The molecule has 98 valence electrons. The summed E-state index contributed by atoms with van der Waals surface area (Å²) in [7, 11) is 0. The predicted octanol–water partition coefficient (Wildman–Crippen LogP) is 3.02. The number of nitrogens with one attached hydrogen (secondary N) is 1. The van der Waals surface area contributed by atoms with E-state index in [1.54, 1.807) is 0 Å². The Bertz CT molecular complexity index is 426. The van der Waals surface area contributed by atoms with Gasteiger partial charge in [-0.1, -0.05) is 6.42 Å². The molecule has 2 nitrogen and oxygen atoms in total. The van der Waals surface area contributed by atoms with Gasteiger partial charge in [0.2, 0.25) is 0 Å². The van der Waals surface area contributed by atoms with E-state index < -0.39 is 11.6 Å². The molecule has 1 unspecified atom stereocenters. The van der Waals surface area contributed by atoms with Gasteiger partial charge in [0.1, 0.15) is 11.9 Å². The summed E-state index contributed by atoms with van der Waals surface area (Å²) in [5.74, 6) is -1.25. The number of fused-ring (bicyclic) bond motifs is 2. The quantitative estimate of drug-likeness (QED) is 0.874. The van der Waals surface area contributed by atoms with Gasteiger partial charge in [-0.15, -0.1) is 0 Å². The number of hydrogen-bond donors (Lipinski definition) is 1. The minimum Gasteiger partial charge on any atom is -0.490 e. The maximum Gasteiger partial charge on any atom is 0.162 e. The highest BCUT2D eigenvalue weighted by molar-refractivity contribution is 5.24. The maximum absolute atomic E-state index is 13.1. The van der Waals surface area contributed by atoms with Gasteiger partial charge in [0, 0.05) is 18.2 Å². The SMILES string of the molecule is Fc1ccc(OC2C[C@H]3CCC[C@@H](C2)N3)cc1F. The number of hydrogen-bond acceptors (Lipinski definition) is 2.